The minimum atomic E-state index is -1.12. The highest BCUT2D eigenvalue weighted by Crippen LogP contribution is 2.40. The van der Waals surface area contributed by atoms with Crippen molar-refractivity contribution in [2.24, 2.45) is 5.92 Å². The molecule has 0 bridgehead atoms. The van der Waals surface area contributed by atoms with Gasteiger partial charge in [0, 0.05) is 16.1 Å². The number of fused-ring (bicyclic) bond motifs is 1. The van der Waals surface area contributed by atoms with Crippen LogP contribution < -0.4 is 5.32 Å². The Labute approximate surface area is 197 Å². The Balaban J connectivity index is 1.79. The lowest BCUT2D eigenvalue weighted by atomic mass is 9.88. The Kier molecular flexibility index (Phi) is 7.41. The van der Waals surface area contributed by atoms with E-state index < -0.39 is 23.9 Å². The van der Waals surface area contributed by atoms with Crippen LogP contribution in [0.3, 0.4) is 0 Å². The summed E-state index contributed by atoms with van der Waals surface area (Å²) in [4.78, 5) is 53.9. The summed E-state index contributed by atoms with van der Waals surface area (Å²) in [5, 5.41) is 3.19. The van der Waals surface area contributed by atoms with Crippen molar-refractivity contribution in [3.63, 3.8) is 0 Å². The van der Waals surface area contributed by atoms with Crippen molar-refractivity contribution in [2.45, 2.75) is 66.9 Å². The number of hydrogen-bond donors (Lipinski definition) is 2. The van der Waals surface area contributed by atoms with Crippen molar-refractivity contribution >= 4 is 40.0 Å². The van der Waals surface area contributed by atoms with Crippen LogP contribution in [-0.2, 0) is 27.1 Å². The number of amides is 1. The first-order chi connectivity index (χ1) is 15.5. The van der Waals surface area contributed by atoms with Gasteiger partial charge in [0.15, 0.2) is 11.9 Å². The number of Topliss-reactive ketones (excluding diaryl/α,β-unsaturated/α-hetero) is 1. The smallest absolute Gasteiger partial charge is 0.355 e. The summed E-state index contributed by atoms with van der Waals surface area (Å²) in [5.74, 6) is -1.39. The maximum Gasteiger partial charge on any atom is 0.355 e. The molecule has 178 valence electrons. The first-order valence-corrected chi connectivity index (χ1v) is 11.9. The van der Waals surface area contributed by atoms with Gasteiger partial charge < -0.3 is 19.8 Å². The summed E-state index contributed by atoms with van der Waals surface area (Å²) in [7, 11) is 0. The van der Waals surface area contributed by atoms with E-state index in [1.165, 1.54) is 25.2 Å². The number of H-pyrrole nitrogens is 1. The standard InChI is InChI=1S/C24H30N2O6S/c1-7-31-23(29)19-16-9-8-11(2)10-17(16)33-22(19)26-21(28)15(6)32-24(30)20-12(3)18(14(5)27)13(4)25-20/h11,15,25H,7-10H2,1-6H3,(H,26,28). The molecule has 0 saturated carbocycles. The van der Waals surface area contributed by atoms with E-state index in [9.17, 15) is 19.2 Å². The van der Waals surface area contributed by atoms with E-state index in [1.54, 1.807) is 20.8 Å². The van der Waals surface area contributed by atoms with Crippen molar-refractivity contribution in [1.82, 2.24) is 4.98 Å². The number of esters is 2. The van der Waals surface area contributed by atoms with Crippen LogP contribution in [0.5, 0.6) is 0 Å². The maximum absolute atomic E-state index is 12.9. The largest absolute Gasteiger partial charge is 0.462 e. The van der Waals surface area contributed by atoms with E-state index in [2.05, 4.69) is 17.2 Å². The zero-order valence-corrected chi connectivity index (χ0v) is 20.7. The van der Waals surface area contributed by atoms with Gasteiger partial charge in [-0.15, -0.1) is 11.3 Å². The monoisotopic (exact) mass is 474 g/mol. The molecular weight excluding hydrogens is 444 g/mol. The summed E-state index contributed by atoms with van der Waals surface area (Å²) < 4.78 is 10.6. The number of hydrogen-bond acceptors (Lipinski definition) is 7. The van der Waals surface area contributed by atoms with Gasteiger partial charge >= 0.3 is 11.9 Å². The third-order valence-corrected chi connectivity index (χ3v) is 7.04. The lowest BCUT2D eigenvalue weighted by Gasteiger charge is -2.18. The van der Waals surface area contributed by atoms with Crippen LogP contribution >= 0.6 is 11.3 Å². The second kappa shape index (κ2) is 9.91. The Morgan fingerprint density at radius 2 is 1.88 bits per heavy atom. The molecule has 2 aromatic rings. The van der Waals surface area contributed by atoms with Crippen molar-refractivity contribution in [3.8, 4) is 0 Å². The molecule has 0 saturated heterocycles. The molecule has 9 heteroatoms. The van der Waals surface area contributed by atoms with E-state index in [0.717, 1.165) is 29.7 Å². The van der Waals surface area contributed by atoms with E-state index in [4.69, 9.17) is 9.47 Å². The number of aromatic amines is 1. The normalized spacial score (nSPS) is 16.0. The predicted molar refractivity (Wildman–Crippen MR) is 125 cm³/mol. The molecular formula is C24H30N2O6S. The second-order valence-corrected chi connectivity index (χ2v) is 9.60. The summed E-state index contributed by atoms with van der Waals surface area (Å²) in [6.07, 6.45) is 1.45. The average molecular weight is 475 g/mol. The van der Waals surface area contributed by atoms with Crippen LogP contribution in [-0.4, -0.2) is 41.3 Å². The number of ether oxygens (including phenoxy) is 2. The Morgan fingerprint density at radius 3 is 2.48 bits per heavy atom. The van der Waals surface area contributed by atoms with Gasteiger partial charge in [0.2, 0.25) is 0 Å². The van der Waals surface area contributed by atoms with Crippen molar-refractivity contribution in [1.29, 1.82) is 0 Å². The molecule has 0 spiro atoms. The molecule has 2 unspecified atom stereocenters. The fraction of sp³-hybridized carbons (Fsp3) is 0.500. The predicted octanol–water partition coefficient (Wildman–Crippen LogP) is 4.38. The number of carbonyl (C=O) groups excluding carboxylic acids is 4. The van der Waals surface area contributed by atoms with Gasteiger partial charge in [0.1, 0.15) is 10.7 Å². The van der Waals surface area contributed by atoms with Gasteiger partial charge in [-0.05, 0) is 70.9 Å². The SMILES string of the molecule is CCOC(=O)c1c(NC(=O)C(C)OC(=O)c2[nH]c(C)c(C(C)=O)c2C)sc2c1CCC(C)C2. The Bertz CT molecular complexity index is 1110. The summed E-state index contributed by atoms with van der Waals surface area (Å²) in [5.41, 5.74) is 2.98. The van der Waals surface area contributed by atoms with Gasteiger partial charge in [-0.1, -0.05) is 6.92 Å². The molecule has 8 nitrogen and oxygen atoms in total. The fourth-order valence-corrected chi connectivity index (χ4v) is 5.63. The molecule has 0 aliphatic heterocycles. The highest BCUT2D eigenvalue weighted by molar-refractivity contribution is 7.17. The van der Waals surface area contributed by atoms with Crippen molar-refractivity contribution < 1.29 is 28.7 Å². The Hall–Kier alpha value is -2.94. The van der Waals surface area contributed by atoms with Crippen LogP contribution in [0.4, 0.5) is 5.00 Å². The average Bonchev–Trinajstić information content (AvgIpc) is 3.23. The van der Waals surface area contributed by atoms with Crippen LogP contribution in [0.1, 0.15) is 87.0 Å². The van der Waals surface area contributed by atoms with E-state index in [1.807, 2.05) is 0 Å². The van der Waals surface area contributed by atoms with Crippen LogP contribution in [0.15, 0.2) is 0 Å². The molecule has 0 aromatic carbocycles. The minimum Gasteiger partial charge on any atom is -0.462 e. The number of carbonyl (C=O) groups is 4. The zero-order chi connectivity index (χ0) is 24.4. The zero-order valence-electron chi connectivity index (χ0n) is 19.8. The van der Waals surface area contributed by atoms with Gasteiger partial charge in [0.05, 0.1) is 12.2 Å². The van der Waals surface area contributed by atoms with Gasteiger partial charge in [-0.3, -0.25) is 9.59 Å². The maximum atomic E-state index is 12.9. The lowest BCUT2D eigenvalue weighted by Crippen LogP contribution is -2.30. The third kappa shape index (κ3) is 5.03. The first kappa shape index (κ1) is 24.7. The number of aromatic nitrogens is 1. The van der Waals surface area contributed by atoms with Crippen LogP contribution in [0, 0.1) is 19.8 Å². The number of nitrogens with one attached hydrogen (secondary N) is 2. The number of aryl methyl sites for hydroxylation is 1. The van der Waals surface area contributed by atoms with Gasteiger partial charge in [-0.25, -0.2) is 9.59 Å². The molecule has 2 atom stereocenters. The molecule has 2 aromatic heterocycles. The van der Waals surface area contributed by atoms with E-state index >= 15 is 0 Å². The molecule has 2 N–H and O–H groups in total. The number of ketones is 1. The molecule has 1 aliphatic rings. The number of anilines is 1. The van der Waals surface area contributed by atoms with Gasteiger partial charge in [0.25, 0.3) is 5.91 Å². The van der Waals surface area contributed by atoms with Crippen molar-refractivity contribution in [3.05, 3.63) is 38.5 Å². The van der Waals surface area contributed by atoms with Crippen LogP contribution in [0.2, 0.25) is 0 Å². The first-order valence-electron chi connectivity index (χ1n) is 11.1. The van der Waals surface area contributed by atoms with E-state index in [0.29, 0.717) is 33.3 Å². The highest BCUT2D eigenvalue weighted by atomic mass is 32.1. The fourth-order valence-electron chi connectivity index (χ4n) is 4.23. The third-order valence-electron chi connectivity index (χ3n) is 5.87. The van der Waals surface area contributed by atoms with Gasteiger partial charge in [-0.2, -0.15) is 0 Å². The Morgan fingerprint density at radius 1 is 1.18 bits per heavy atom. The number of rotatable bonds is 7. The summed E-state index contributed by atoms with van der Waals surface area (Å²) in [6, 6.07) is 0. The molecule has 0 radical (unpaired) electrons. The highest BCUT2D eigenvalue weighted by Gasteiger charge is 2.31. The number of thiophene rings is 1. The van der Waals surface area contributed by atoms with E-state index in [-0.39, 0.29) is 18.1 Å². The lowest BCUT2D eigenvalue weighted by molar-refractivity contribution is -0.123. The molecule has 33 heavy (non-hydrogen) atoms. The van der Waals surface area contributed by atoms with Crippen molar-refractivity contribution in [2.75, 3.05) is 11.9 Å². The molecule has 0 fully saturated rings. The molecule has 1 amide bonds. The quantitative estimate of drug-likeness (QED) is 0.455. The molecule has 3 rings (SSSR count). The second-order valence-electron chi connectivity index (χ2n) is 8.49. The molecule has 2 heterocycles. The summed E-state index contributed by atoms with van der Waals surface area (Å²) in [6.45, 7) is 10.4. The topological polar surface area (TPSA) is 115 Å². The summed E-state index contributed by atoms with van der Waals surface area (Å²) >= 11 is 1.37. The van der Waals surface area contributed by atoms with Crippen LogP contribution in [0.25, 0.3) is 0 Å². The molecule has 1 aliphatic carbocycles. The minimum absolute atomic E-state index is 0.144.